The molecule has 3 aromatic carbocycles. The highest BCUT2D eigenvalue weighted by molar-refractivity contribution is 5.61. The second kappa shape index (κ2) is 12.7. The Morgan fingerprint density at radius 3 is 2.17 bits per heavy atom. The summed E-state index contributed by atoms with van der Waals surface area (Å²) >= 11 is 0. The Balaban J connectivity index is 1.55. The van der Waals surface area contributed by atoms with Gasteiger partial charge in [-0.1, -0.05) is 50.2 Å². The first-order valence-electron chi connectivity index (χ1n) is 12.7. The van der Waals surface area contributed by atoms with Gasteiger partial charge in [-0.05, 0) is 60.6 Å². The molecule has 0 bridgehead atoms. The van der Waals surface area contributed by atoms with E-state index in [1.165, 1.54) is 5.56 Å². The highest BCUT2D eigenvalue weighted by atomic mass is 16.5. The summed E-state index contributed by atoms with van der Waals surface area (Å²) in [4.78, 5) is 4.97. The number of anilines is 1. The molecule has 6 nitrogen and oxygen atoms in total. The summed E-state index contributed by atoms with van der Waals surface area (Å²) in [6.07, 6.45) is 0. The molecule has 0 aromatic heterocycles. The van der Waals surface area contributed by atoms with Crippen LogP contribution in [-0.4, -0.2) is 58.0 Å². The molecule has 4 rings (SSSR count). The molecule has 0 N–H and O–H groups in total. The minimum atomic E-state index is 0.102. The Labute approximate surface area is 215 Å². The van der Waals surface area contributed by atoms with Crippen molar-refractivity contribution in [3.05, 3.63) is 83.9 Å². The molecule has 6 heteroatoms. The van der Waals surface area contributed by atoms with Crippen LogP contribution in [0.25, 0.3) is 0 Å². The molecule has 2 atom stereocenters. The van der Waals surface area contributed by atoms with Crippen LogP contribution in [0.2, 0.25) is 0 Å². The van der Waals surface area contributed by atoms with E-state index < -0.39 is 0 Å². The van der Waals surface area contributed by atoms with Crippen LogP contribution in [0.15, 0.2) is 72.8 Å². The number of hydrogen-bond acceptors (Lipinski definition) is 6. The van der Waals surface area contributed by atoms with Crippen LogP contribution >= 0.6 is 0 Å². The largest absolute Gasteiger partial charge is 0.497 e. The van der Waals surface area contributed by atoms with Crippen molar-refractivity contribution < 1.29 is 18.9 Å². The van der Waals surface area contributed by atoms with Gasteiger partial charge in [-0.3, -0.25) is 4.90 Å². The van der Waals surface area contributed by atoms with E-state index >= 15 is 0 Å². The molecule has 0 saturated carbocycles. The number of para-hydroxylation sites is 2. The summed E-state index contributed by atoms with van der Waals surface area (Å²) in [5.74, 6) is 2.64. The Bertz CT molecular complexity index is 1070. The average molecular weight is 491 g/mol. The highest BCUT2D eigenvalue weighted by Crippen LogP contribution is 2.39. The fourth-order valence-corrected chi connectivity index (χ4v) is 4.85. The summed E-state index contributed by atoms with van der Waals surface area (Å²) in [7, 11) is 3.38. The van der Waals surface area contributed by atoms with Crippen molar-refractivity contribution in [3.63, 3.8) is 0 Å². The van der Waals surface area contributed by atoms with Crippen molar-refractivity contribution in [2.45, 2.75) is 32.5 Å². The van der Waals surface area contributed by atoms with E-state index in [-0.39, 0.29) is 12.1 Å². The summed E-state index contributed by atoms with van der Waals surface area (Å²) in [6, 6.07) is 25.0. The summed E-state index contributed by atoms with van der Waals surface area (Å²) in [6.45, 7) is 9.01. The predicted octanol–water partition coefficient (Wildman–Crippen LogP) is 5.57. The van der Waals surface area contributed by atoms with E-state index in [1.54, 1.807) is 14.2 Å². The van der Waals surface area contributed by atoms with E-state index in [0.29, 0.717) is 19.8 Å². The lowest BCUT2D eigenvalue weighted by Gasteiger charge is -2.42. The van der Waals surface area contributed by atoms with Gasteiger partial charge in [0.15, 0.2) is 0 Å². The molecule has 1 heterocycles. The number of fused-ring (bicyclic) bond motifs is 1. The Morgan fingerprint density at radius 1 is 0.889 bits per heavy atom. The fraction of sp³-hybridized carbons (Fsp3) is 0.400. The highest BCUT2D eigenvalue weighted by Gasteiger charge is 2.32. The molecule has 0 radical (unpaired) electrons. The van der Waals surface area contributed by atoms with Crippen LogP contribution in [0.3, 0.4) is 0 Å². The normalized spacial score (nSPS) is 15.8. The summed E-state index contributed by atoms with van der Waals surface area (Å²) < 4.78 is 23.1. The number of nitrogens with zero attached hydrogens (tertiary/aromatic N) is 2. The topological polar surface area (TPSA) is 43.4 Å². The average Bonchev–Trinajstić information content (AvgIpc) is 2.94. The van der Waals surface area contributed by atoms with E-state index in [2.05, 4.69) is 66.1 Å². The molecule has 3 aromatic rings. The SMILES string of the molecule is CCN(CC)C(COCc1ccc(OC)cc1)CN1c2ccccc2OCC1c1ccc(OC)cc1. The van der Waals surface area contributed by atoms with Crippen LogP contribution in [0.4, 0.5) is 5.69 Å². The van der Waals surface area contributed by atoms with Gasteiger partial charge in [0.1, 0.15) is 23.9 Å². The number of benzene rings is 3. The minimum Gasteiger partial charge on any atom is -0.497 e. The lowest BCUT2D eigenvalue weighted by molar-refractivity contribution is 0.0546. The third kappa shape index (κ3) is 6.12. The number of hydrogen-bond donors (Lipinski definition) is 0. The van der Waals surface area contributed by atoms with Crippen molar-refractivity contribution in [2.24, 2.45) is 0 Å². The van der Waals surface area contributed by atoms with Gasteiger partial charge < -0.3 is 23.8 Å². The van der Waals surface area contributed by atoms with Crippen molar-refractivity contribution in [1.82, 2.24) is 4.90 Å². The number of methoxy groups -OCH3 is 2. The zero-order valence-corrected chi connectivity index (χ0v) is 21.9. The van der Waals surface area contributed by atoms with Gasteiger partial charge in [0, 0.05) is 6.54 Å². The van der Waals surface area contributed by atoms with E-state index in [9.17, 15) is 0 Å². The van der Waals surface area contributed by atoms with Gasteiger partial charge in [-0.2, -0.15) is 0 Å². The fourth-order valence-electron chi connectivity index (χ4n) is 4.85. The van der Waals surface area contributed by atoms with Crippen LogP contribution in [-0.2, 0) is 11.3 Å². The standard InChI is InChI=1S/C30H38N2O4/c1-5-31(6-2)25(21-35-20-23-11-15-26(33-3)16-12-23)19-32-28-9-7-8-10-30(28)36-22-29(32)24-13-17-27(34-4)18-14-24/h7-18,25,29H,5-6,19-22H2,1-4H3. The molecule has 36 heavy (non-hydrogen) atoms. The first-order valence-corrected chi connectivity index (χ1v) is 12.7. The van der Waals surface area contributed by atoms with Crippen LogP contribution in [0.1, 0.15) is 31.0 Å². The molecule has 1 aliphatic heterocycles. The van der Waals surface area contributed by atoms with Gasteiger partial charge in [-0.25, -0.2) is 0 Å². The van der Waals surface area contributed by atoms with Crippen LogP contribution in [0, 0.1) is 0 Å². The van der Waals surface area contributed by atoms with Crippen molar-refractivity contribution in [2.75, 3.05) is 52.0 Å². The lowest BCUT2D eigenvalue weighted by Crippen LogP contribution is -2.49. The van der Waals surface area contributed by atoms with Gasteiger partial charge >= 0.3 is 0 Å². The third-order valence-corrected chi connectivity index (χ3v) is 6.92. The molecule has 0 fully saturated rings. The number of ether oxygens (including phenoxy) is 4. The third-order valence-electron chi connectivity index (χ3n) is 6.92. The Morgan fingerprint density at radius 2 is 1.53 bits per heavy atom. The predicted molar refractivity (Wildman–Crippen MR) is 144 cm³/mol. The van der Waals surface area contributed by atoms with Gasteiger partial charge in [0.25, 0.3) is 0 Å². The van der Waals surface area contributed by atoms with Gasteiger partial charge in [0.05, 0.1) is 45.2 Å². The molecule has 0 aliphatic carbocycles. The van der Waals surface area contributed by atoms with Crippen LogP contribution in [0.5, 0.6) is 17.2 Å². The lowest BCUT2D eigenvalue weighted by atomic mass is 10.0. The molecule has 192 valence electrons. The monoisotopic (exact) mass is 490 g/mol. The molecule has 1 aliphatic rings. The van der Waals surface area contributed by atoms with Gasteiger partial charge in [0.2, 0.25) is 0 Å². The molecule has 2 unspecified atom stereocenters. The molecular weight excluding hydrogens is 452 g/mol. The van der Waals surface area contributed by atoms with Crippen molar-refractivity contribution >= 4 is 5.69 Å². The minimum absolute atomic E-state index is 0.102. The zero-order chi connectivity index (χ0) is 25.3. The summed E-state index contributed by atoms with van der Waals surface area (Å²) in [5.41, 5.74) is 3.47. The van der Waals surface area contributed by atoms with E-state index in [4.69, 9.17) is 18.9 Å². The van der Waals surface area contributed by atoms with Crippen molar-refractivity contribution in [3.8, 4) is 17.2 Å². The quantitative estimate of drug-likeness (QED) is 0.331. The maximum absolute atomic E-state index is 6.28. The van der Waals surface area contributed by atoms with E-state index in [1.807, 2.05) is 30.3 Å². The van der Waals surface area contributed by atoms with Crippen LogP contribution < -0.4 is 19.1 Å². The number of rotatable bonds is 12. The molecular formula is C30H38N2O4. The Kier molecular flexibility index (Phi) is 9.09. The van der Waals surface area contributed by atoms with Crippen molar-refractivity contribution in [1.29, 1.82) is 0 Å². The first kappa shape index (κ1) is 25.9. The second-order valence-corrected chi connectivity index (χ2v) is 8.96. The maximum Gasteiger partial charge on any atom is 0.142 e. The molecule has 0 saturated heterocycles. The zero-order valence-electron chi connectivity index (χ0n) is 21.9. The number of likely N-dealkylation sites (N-methyl/N-ethyl adjacent to an activating group) is 1. The molecule has 0 amide bonds. The molecule has 0 spiro atoms. The second-order valence-electron chi connectivity index (χ2n) is 8.96. The maximum atomic E-state index is 6.28. The summed E-state index contributed by atoms with van der Waals surface area (Å²) in [5, 5.41) is 0. The van der Waals surface area contributed by atoms with Gasteiger partial charge in [-0.15, -0.1) is 0 Å². The Hall–Kier alpha value is -3.22. The van der Waals surface area contributed by atoms with E-state index in [0.717, 1.165) is 48.1 Å². The first-order chi connectivity index (χ1) is 17.7. The smallest absolute Gasteiger partial charge is 0.142 e.